The van der Waals surface area contributed by atoms with E-state index < -0.39 is 0 Å². The predicted octanol–water partition coefficient (Wildman–Crippen LogP) is 6.24. The number of aromatic nitrogens is 3. The highest BCUT2D eigenvalue weighted by atomic mass is 35.5. The highest BCUT2D eigenvalue weighted by Crippen LogP contribution is 2.53. The van der Waals surface area contributed by atoms with E-state index in [0.29, 0.717) is 24.5 Å². The number of nitrogens with zero attached hydrogens (tertiary/aromatic N) is 5. The van der Waals surface area contributed by atoms with Gasteiger partial charge in [0.2, 0.25) is 0 Å². The van der Waals surface area contributed by atoms with Crippen molar-refractivity contribution in [2.24, 2.45) is 0 Å². The van der Waals surface area contributed by atoms with E-state index in [1.807, 2.05) is 30.6 Å². The smallest absolute Gasteiger partial charge is 0.129 e. The maximum atomic E-state index is 12.8. The van der Waals surface area contributed by atoms with E-state index in [2.05, 4.69) is 45.5 Å². The van der Waals surface area contributed by atoms with Crippen molar-refractivity contribution in [2.45, 2.75) is 51.1 Å². The molecular formula is C27H31ClFN5. The third kappa shape index (κ3) is 3.78. The molecule has 0 amide bonds. The molecule has 2 aliphatic heterocycles. The first-order chi connectivity index (χ1) is 16.4. The number of hydrogen-bond donors (Lipinski definition) is 0. The lowest BCUT2D eigenvalue weighted by molar-refractivity contribution is 0.221. The van der Waals surface area contributed by atoms with Crippen LogP contribution in [0.25, 0.3) is 11.0 Å². The minimum atomic E-state index is -0.311. The first-order valence-corrected chi connectivity index (χ1v) is 12.3. The number of imidazole rings is 1. The second-order valence-corrected chi connectivity index (χ2v) is 9.88. The lowest BCUT2D eigenvalue weighted by atomic mass is 9.72. The van der Waals surface area contributed by atoms with Crippen LogP contribution in [0.3, 0.4) is 0 Å². The molecule has 5 rings (SSSR count). The summed E-state index contributed by atoms with van der Waals surface area (Å²) in [6, 6.07) is 7.92. The Hall–Kier alpha value is -2.86. The van der Waals surface area contributed by atoms with Gasteiger partial charge in [-0.1, -0.05) is 24.8 Å². The minimum Gasteiger partial charge on any atom is -0.375 e. The normalized spacial score (nSPS) is 17.1. The van der Waals surface area contributed by atoms with Crippen LogP contribution in [-0.2, 0) is 18.5 Å². The quantitative estimate of drug-likeness (QED) is 0.376. The number of benzene rings is 1. The summed E-state index contributed by atoms with van der Waals surface area (Å²) in [4.78, 5) is 14.0. The zero-order valence-corrected chi connectivity index (χ0v) is 20.5. The molecule has 7 heteroatoms. The number of anilines is 1. The average molecular weight is 480 g/mol. The number of fused-ring (bicyclic) bond motifs is 3. The molecule has 0 radical (unpaired) electrons. The van der Waals surface area contributed by atoms with Crippen LogP contribution in [-0.4, -0.2) is 39.2 Å². The molecule has 178 valence electrons. The molecule has 0 N–H and O–H groups in total. The van der Waals surface area contributed by atoms with Gasteiger partial charge in [0.05, 0.1) is 36.1 Å². The fraction of sp³-hybridized carbons (Fsp3) is 0.407. The highest BCUT2D eigenvalue weighted by molar-refractivity contribution is 6.31. The number of unbranched alkanes of at least 4 members (excludes halogenated alkanes) is 1. The maximum Gasteiger partial charge on any atom is 0.129 e. The van der Waals surface area contributed by atoms with Crippen LogP contribution in [0.1, 0.15) is 44.0 Å². The molecule has 2 aliphatic rings. The van der Waals surface area contributed by atoms with Gasteiger partial charge in [-0.3, -0.25) is 9.37 Å². The number of piperidine rings is 1. The Balaban J connectivity index is 1.51. The van der Waals surface area contributed by atoms with Gasteiger partial charge in [0.1, 0.15) is 5.82 Å². The molecule has 1 fully saturated rings. The fourth-order valence-corrected chi connectivity index (χ4v) is 5.76. The summed E-state index contributed by atoms with van der Waals surface area (Å²) < 4.78 is 15.0. The summed E-state index contributed by atoms with van der Waals surface area (Å²) in [7, 11) is 0. The Kier molecular flexibility index (Phi) is 6.11. The van der Waals surface area contributed by atoms with Crippen molar-refractivity contribution < 1.29 is 4.39 Å². The van der Waals surface area contributed by atoms with E-state index in [9.17, 15) is 4.39 Å². The van der Waals surface area contributed by atoms with Gasteiger partial charge in [-0.05, 0) is 62.4 Å². The zero-order chi connectivity index (χ0) is 23.9. The number of halogens is 2. The Morgan fingerprint density at radius 2 is 2.00 bits per heavy atom. The lowest BCUT2D eigenvalue weighted by Gasteiger charge is -2.42. The van der Waals surface area contributed by atoms with E-state index in [-0.39, 0.29) is 12.1 Å². The van der Waals surface area contributed by atoms with Gasteiger partial charge in [-0.25, -0.2) is 4.98 Å². The van der Waals surface area contributed by atoms with Crippen LogP contribution in [0.15, 0.2) is 61.2 Å². The topological polar surface area (TPSA) is 37.2 Å². The first-order valence-electron chi connectivity index (χ1n) is 12.0. The van der Waals surface area contributed by atoms with E-state index >= 15 is 0 Å². The lowest BCUT2D eigenvalue weighted by Crippen LogP contribution is -2.42. The Morgan fingerprint density at radius 1 is 1.21 bits per heavy atom. The second kappa shape index (κ2) is 9.06. The van der Waals surface area contributed by atoms with Crippen molar-refractivity contribution in [2.75, 3.05) is 24.7 Å². The SMILES string of the molecule is C=C(C)N1CCC2(CC1)C(=C)N(Cc1nc3ccc(Cl)cc3n1CCCCF)c1cnccc12. The first kappa shape index (κ1) is 22.9. The number of aryl methyl sites for hydroxylation is 1. The van der Waals surface area contributed by atoms with Gasteiger partial charge >= 0.3 is 0 Å². The summed E-state index contributed by atoms with van der Waals surface area (Å²) >= 11 is 6.31. The van der Waals surface area contributed by atoms with Crippen molar-refractivity contribution >= 4 is 28.3 Å². The van der Waals surface area contributed by atoms with Crippen molar-refractivity contribution in [3.63, 3.8) is 0 Å². The van der Waals surface area contributed by atoms with Gasteiger partial charge < -0.3 is 14.4 Å². The Labute approximate surface area is 205 Å². The highest BCUT2D eigenvalue weighted by Gasteiger charge is 2.48. The van der Waals surface area contributed by atoms with Crippen LogP contribution < -0.4 is 4.90 Å². The van der Waals surface area contributed by atoms with E-state index in [1.54, 1.807) is 0 Å². The summed E-state index contributed by atoms with van der Waals surface area (Å²) in [6.45, 7) is 13.7. The Morgan fingerprint density at radius 3 is 2.74 bits per heavy atom. The molecule has 5 nitrogen and oxygen atoms in total. The molecule has 0 aliphatic carbocycles. The molecule has 1 spiro atoms. The molecule has 0 unspecified atom stereocenters. The van der Waals surface area contributed by atoms with Gasteiger partial charge in [0.15, 0.2) is 0 Å². The number of rotatable bonds is 7. The number of allylic oxidation sites excluding steroid dienone is 2. The van der Waals surface area contributed by atoms with Gasteiger partial charge in [-0.15, -0.1) is 0 Å². The predicted molar refractivity (Wildman–Crippen MR) is 137 cm³/mol. The molecule has 2 aromatic heterocycles. The number of alkyl halides is 1. The van der Waals surface area contributed by atoms with Crippen molar-refractivity contribution in [1.82, 2.24) is 19.4 Å². The van der Waals surface area contributed by atoms with Crippen molar-refractivity contribution in [1.29, 1.82) is 0 Å². The van der Waals surface area contributed by atoms with Crippen LogP contribution in [0.4, 0.5) is 10.1 Å². The molecule has 1 saturated heterocycles. The van der Waals surface area contributed by atoms with E-state index in [4.69, 9.17) is 16.6 Å². The van der Waals surface area contributed by atoms with Gasteiger partial charge in [-0.2, -0.15) is 0 Å². The third-order valence-electron chi connectivity index (χ3n) is 7.50. The molecule has 0 atom stereocenters. The van der Waals surface area contributed by atoms with Gasteiger partial charge in [0.25, 0.3) is 0 Å². The standard InChI is InChI=1S/C27H31ClFN5/c1-19(2)32-14-9-27(10-15-32)20(3)34(25-17-30-12-8-22(25)27)18-26-31-23-7-6-21(28)16-24(23)33(26)13-5-4-11-29/h6-8,12,16-17H,1,3-5,9-11,13-15,18H2,2H3. The number of pyridine rings is 1. The monoisotopic (exact) mass is 479 g/mol. The average Bonchev–Trinajstić information content (AvgIpc) is 3.28. The van der Waals surface area contributed by atoms with Crippen molar-refractivity contribution in [3.05, 3.63) is 77.6 Å². The summed E-state index contributed by atoms with van der Waals surface area (Å²) in [5, 5.41) is 0.675. The summed E-state index contributed by atoms with van der Waals surface area (Å²) in [5.74, 6) is 0.934. The number of likely N-dealkylation sites (tertiary alicyclic amines) is 1. The molecular weight excluding hydrogens is 449 g/mol. The third-order valence-corrected chi connectivity index (χ3v) is 7.73. The van der Waals surface area contributed by atoms with E-state index in [1.165, 1.54) is 5.56 Å². The number of hydrogen-bond acceptors (Lipinski definition) is 4. The minimum absolute atomic E-state index is 0.0986. The maximum absolute atomic E-state index is 12.8. The molecule has 1 aromatic carbocycles. The molecule has 0 saturated carbocycles. The van der Waals surface area contributed by atoms with Crippen LogP contribution in [0.2, 0.25) is 5.02 Å². The molecule has 34 heavy (non-hydrogen) atoms. The van der Waals surface area contributed by atoms with Crippen LogP contribution >= 0.6 is 11.6 Å². The largest absolute Gasteiger partial charge is 0.375 e. The van der Waals surface area contributed by atoms with Crippen molar-refractivity contribution in [3.8, 4) is 0 Å². The second-order valence-electron chi connectivity index (χ2n) is 9.44. The fourth-order valence-electron chi connectivity index (χ4n) is 5.60. The van der Waals surface area contributed by atoms with Crippen LogP contribution in [0, 0.1) is 0 Å². The molecule has 4 heterocycles. The van der Waals surface area contributed by atoms with Crippen LogP contribution in [0.5, 0.6) is 0 Å². The Bertz CT molecular complexity index is 1240. The summed E-state index contributed by atoms with van der Waals surface area (Å²) in [6.07, 6.45) is 7.11. The summed E-state index contributed by atoms with van der Waals surface area (Å²) in [5.41, 5.74) is 6.43. The van der Waals surface area contributed by atoms with Gasteiger partial charge in [0, 0.05) is 47.7 Å². The molecule has 0 bridgehead atoms. The molecule has 3 aromatic rings. The van der Waals surface area contributed by atoms with E-state index in [0.717, 1.165) is 66.3 Å². The zero-order valence-electron chi connectivity index (χ0n) is 19.7.